The van der Waals surface area contributed by atoms with Crippen molar-refractivity contribution < 1.29 is 0 Å². The summed E-state index contributed by atoms with van der Waals surface area (Å²) in [6, 6.07) is 58.7. The number of benzene rings is 7. The number of hydrogen-bond acceptors (Lipinski definition) is 4. The average molecular weight is 677 g/mol. The summed E-state index contributed by atoms with van der Waals surface area (Å²) in [5, 5.41) is 7.56. The molecule has 0 amide bonds. The molecule has 0 aliphatic carbocycles. The van der Waals surface area contributed by atoms with Gasteiger partial charge in [0.15, 0.2) is 0 Å². The molecule has 7 aromatic carbocycles. The van der Waals surface area contributed by atoms with Crippen molar-refractivity contribution in [3.05, 3.63) is 195 Å². The van der Waals surface area contributed by atoms with Gasteiger partial charge < -0.3 is 0 Å². The number of pyridine rings is 3. The van der Waals surface area contributed by atoms with Gasteiger partial charge in [-0.15, -0.1) is 0 Å². The molecule has 3 aromatic heterocycles. The molecule has 0 radical (unpaired) electrons. The van der Waals surface area contributed by atoms with Gasteiger partial charge >= 0.3 is 0 Å². The fourth-order valence-electron chi connectivity index (χ4n) is 7.78. The van der Waals surface area contributed by atoms with Crippen molar-refractivity contribution in [3.8, 4) is 44.5 Å². The van der Waals surface area contributed by atoms with Crippen molar-refractivity contribution in [3.63, 3.8) is 0 Å². The molecule has 10 aromatic rings. The Labute approximate surface area is 307 Å². The molecule has 53 heavy (non-hydrogen) atoms. The zero-order valence-electron chi connectivity index (χ0n) is 28.8. The van der Waals surface area contributed by atoms with Crippen LogP contribution < -0.4 is 4.90 Å². The van der Waals surface area contributed by atoms with Crippen LogP contribution in [0.3, 0.4) is 0 Å². The van der Waals surface area contributed by atoms with Crippen LogP contribution in [-0.2, 0) is 0 Å². The monoisotopic (exact) mass is 676 g/mol. The van der Waals surface area contributed by atoms with Gasteiger partial charge in [-0.05, 0) is 156 Å². The van der Waals surface area contributed by atoms with E-state index in [1.165, 1.54) is 54.6 Å². The van der Waals surface area contributed by atoms with E-state index >= 15 is 0 Å². The minimum absolute atomic E-state index is 0.879. The highest BCUT2D eigenvalue weighted by molar-refractivity contribution is 6.27. The Morgan fingerprint density at radius 2 is 0.849 bits per heavy atom. The van der Waals surface area contributed by atoms with Crippen LogP contribution in [0.25, 0.3) is 76.8 Å². The van der Waals surface area contributed by atoms with Gasteiger partial charge in [-0.3, -0.25) is 14.9 Å². The van der Waals surface area contributed by atoms with E-state index in [1.54, 1.807) is 0 Å². The Hall–Kier alpha value is -7.17. The summed E-state index contributed by atoms with van der Waals surface area (Å²) in [6.07, 6.45) is 9.27. The van der Waals surface area contributed by atoms with Gasteiger partial charge in [-0.2, -0.15) is 0 Å². The van der Waals surface area contributed by atoms with Crippen LogP contribution in [0.4, 0.5) is 17.2 Å². The number of anilines is 3. The normalized spacial score (nSPS) is 11.4. The molecule has 0 aliphatic rings. The van der Waals surface area contributed by atoms with E-state index < -0.39 is 0 Å². The Morgan fingerprint density at radius 3 is 1.42 bits per heavy atom. The maximum absolute atomic E-state index is 4.69. The molecular weight excluding hydrogens is 645 g/mol. The standard InChI is InChI=1S/C49H32N4/c1-2-6-41(7-3-1)53(47-8-4-5-25-52-47)42-15-9-35(10-16-42)43-17-11-36-14-20-46-44(18-12-37-13-19-45(43)48(36)49(37)46)40-31-38(33-21-26-50-27-22-33)30-39(32-40)34-23-28-51-29-24-34/h1-32H. The van der Waals surface area contributed by atoms with E-state index in [1.807, 2.05) is 55.2 Å². The Bertz CT molecular complexity index is 2760. The highest BCUT2D eigenvalue weighted by atomic mass is 15.2. The first-order valence-corrected chi connectivity index (χ1v) is 17.8. The lowest BCUT2D eigenvalue weighted by atomic mass is 9.86. The van der Waals surface area contributed by atoms with E-state index in [0.29, 0.717) is 0 Å². The van der Waals surface area contributed by atoms with Crippen LogP contribution in [0.5, 0.6) is 0 Å². The molecule has 0 saturated carbocycles. The Morgan fingerprint density at radius 1 is 0.340 bits per heavy atom. The maximum Gasteiger partial charge on any atom is 0.137 e. The zero-order chi connectivity index (χ0) is 35.1. The third-order valence-corrected chi connectivity index (χ3v) is 10.3. The predicted molar refractivity (Wildman–Crippen MR) is 220 cm³/mol. The molecule has 0 atom stereocenters. The number of para-hydroxylation sites is 1. The number of aromatic nitrogens is 3. The van der Waals surface area contributed by atoms with E-state index in [-0.39, 0.29) is 0 Å². The zero-order valence-corrected chi connectivity index (χ0v) is 28.8. The molecule has 4 heteroatoms. The second kappa shape index (κ2) is 12.9. The first-order valence-electron chi connectivity index (χ1n) is 17.8. The smallest absolute Gasteiger partial charge is 0.137 e. The molecule has 3 heterocycles. The number of hydrogen-bond donors (Lipinski definition) is 0. The van der Waals surface area contributed by atoms with Crippen molar-refractivity contribution in [1.29, 1.82) is 0 Å². The second-order valence-corrected chi connectivity index (χ2v) is 13.3. The molecule has 0 saturated heterocycles. The fourth-order valence-corrected chi connectivity index (χ4v) is 7.78. The molecule has 10 rings (SSSR count). The number of rotatable bonds is 7. The first-order chi connectivity index (χ1) is 26.3. The summed E-state index contributed by atoms with van der Waals surface area (Å²) in [7, 11) is 0. The van der Waals surface area contributed by atoms with Crippen LogP contribution >= 0.6 is 0 Å². The summed E-state index contributed by atoms with van der Waals surface area (Å²) >= 11 is 0. The van der Waals surface area contributed by atoms with Gasteiger partial charge in [0.1, 0.15) is 5.82 Å². The fraction of sp³-hybridized carbons (Fsp3) is 0. The Balaban J connectivity index is 1.12. The lowest BCUT2D eigenvalue weighted by Crippen LogP contribution is -2.11. The van der Waals surface area contributed by atoms with Gasteiger partial charge in [0, 0.05) is 42.4 Å². The molecule has 0 bridgehead atoms. The van der Waals surface area contributed by atoms with Gasteiger partial charge in [-0.25, -0.2) is 4.98 Å². The molecule has 4 nitrogen and oxygen atoms in total. The minimum Gasteiger partial charge on any atom is -0.295 e. The van der Waals surface area contributed by atoms with Crippen LogP contribution in [0.15, 0.2) is 195 Å². The summed E-state index contributed by atoms with van der Waals surface area (Å²) in [4.78, 5) is 15.4. The topological polar surface area (TPSA) is 41.9 Å². The Kier molecular flexibility index (Phi) is 7.43. The average Bonchev–Trinajstić information content (AvgIpc) is 3.24. The van der Waals surface area contributed by atoms with E-state index in [0.717, 1.165) is 39.4 Å². The minimum atomic E-state index is 0.879. The van der Waals surface area contributed by atoms with Crippen molar-refractivity contribution >= 4 is 49.5 Å². The number of nitrogens with zero attached hydrogens (tertiary/aromatic N) is 4. The largest absolute Gasteiger partial charge is 0.295 e. The van der Waals surface area contributed by atoms with Gasteiger partial charge in [-0.1, -0.05) is 84.9 Å². The summed E-state index contributed by atoms with van der Waals surface area (Å²) in [5.74, 6) is 0.879. The summed E-state index contributed by atoms with van der Waals surface area (Å²) in [6.45, 7) is 0. The van der Waals surface area contributed by atoms with Crippen molar-refractivity contribution in [2.24, 2.45) is 0 Å². The second-order valence-electron chi connectivity index (χ2n) is 13.3. The van der Waals surface area contributed by atoms with Crippen LogP contribution in [0.2, 0.25) is 0 Å². The molecule has 0 spiro atoms. The van der Waals surface area contributed by atoms with Crippen molar-refractivity contribution in [2.75, 3.05) is 4.90 Å². The summed E-state index contributed by atoms with van der Waals surface area (Å²) < 4.78 is 0. The van der Waals surface area contributed by atoms with Crippen LogP contribution in [0.1, 0.15) is 0 Å². The molecular formula is C49H32N4. The van der Waals surface area contributed by atoms with E-state index in [4.69, 9.17) is 4.98 Å². The third-order valence-electron chi connectivity index (χ3n) is 10.3. The maximum atomic E-state index is 4.69. The summed E-state index contributed by atoms with van der Waals surface area (Å²) in [5.41, 5.74) is 11.5. The van der Waals surface area contributed by atoms with Crippen molar-refractivity contribution in [1.82, 2.24) is 15.0 Å². The van der Waals surface area contributed by atoms with E-state index in [9.17, 15) is 0 Å². The predicted octanol–water partition coefficient (Wildman–Crippen LogP) is 12.9. The highest BCUT2D eigenvalue weighted by Gasteiger charge is 2.18. The third kappa shape index (κ3) is 5.45. The van der Waals surface area contributed by atoms with E-state index in [2.05, 4.69) is 154 Å². The highest BCUT2D eigenvalue weighted by Crippen LogP contribution is 2.44. The lowest BCUT2D eigenvalue weighted by Gasteiger charge is -2.24. The molecule has 0 aliphatic heterocycles. The molecule has 248 valence electrons. The lowest BCUT2D eigenvalue weighted by molar-refractivity contribution is 1.18. The molecule has 0 fully saturated rings. The first kappa shape index (κ1) is 30.6. The van der Waals surface area contributed by atoms with Crippen LogP contribution in [0, 0.1) is 0 Å². The van der Waals surface area contributed by atoms with Gasteiger partial charge in [0.2, 0.25) is 0 Å². The molecule has 0 unspecified atom stereocenters. The molecule has 0 N–H and O–H groups in total. The van der Waals surface area contributed by atoms with Crippen molar-refractivity contribution in [2.45, 2.75) is 0 Å². The van der Waals surface area contributed by atoms with Gasteiger partial charge in [0.25, 0.3) is 0 Å². The SMILES string of the molecule is c1ccc(N(c2ccc(-c3ccc4ccc5c(-c6cc(-c7ccncc7)cc(-c7ccncc7)c6)ccc6ccc3c4c65)cc2)c2ccccn2)cc1. The quantitative estimate of drug-likeness (QED) is 0.158. The van der Waals surface area contributed by atoms with Crippen LogP contribution in [-0.4, -0.2) is 15.0 Å². The van der Waals surface area contributed by atoms with Gasteiger partial charge in [0.05, 0.1) is 0 Å².